The third-order valence-corrected chi connectivity index (χ3v) is 6.67. The maximum atomic E-state index is 13.1. The molecule has 2 aliphatic carbocycles. The summed E-state index contributed by atoms with van der Waals surface area (Å²) in [5.74, 6) is 1.84. The second kappa shape index (κ2) is 10.6. The van der Waals surface area contributed by atoms with Gasteiger partial charge >= 0.3 is 0 Å². The highest BCUT2D eigenvalue weighted by molar-refractivity contribution is 5.21. The minimum Gasteiger partial charge on any atom is -0.207 e. The minimum atomic E-state index is -0.647. The van der Waals surface area contributed by atoms with Crippen LogP contribution in [0, 0.1) is 34.9 Å². The van der Waals surface area contributed by atoms with Crippen LogP contribution in [-0.2, 0) is 0 Å². The van der Waals surface area contributed by atoms with Gasteiger partial charge < -0.3 is 0 Å². The van der Waals surface area contributed by atoms with Crippen LogP contribution in [-0.4, -0.2) is 0 Å². The smallest absolute Gasteiger partial charge is 0.196 e. The van der Waals surface area contributed by atoms with E-state index in [0.717, 1.165) is 6.42 Å². The summed E-state index contributed by atoms with van der Waals surface area (Å²) in [4.78, 5) is 0. The molecule has 1 nitrogen and oxygen atoms in total. The second-order valence-corrected chi connectivity index (χ2v) is 8.57. The highest BCUT2D eigenvalue weighted by atomic mass is 19.1. The van der Waals surface area contributed by atoms with Crippen molar-refractivity contribution in [2.75, 3.05) is 0 Å². The van der Waals surface area contributed by atoms with Gasteiger partial charge in [-0.25, -0.2) is 4.39 Å². The van der Waals surface area contributed by atoms with Crippen molar-refractivity contribution >= 4 is 0 Å². The predicted octanol–water partition coefficient (Wildman–Crippen LogP) is 7.62. The van der Waals surface area contributed by atoms with Gasteiger partial charge in [0.2, 0.25) is 0 Å². The van der Waals surface area contributed by atoms with Gasteiger partial charge in [0.1, 0.15) is 11.9 Å². The standard InChI is InChI=1S/C25H31F2N/c26-24-16-14-23(15-17-24)22-12-10-21(11-13-22)9-8-20-6-4-19(5-7-20)2-1-3-25(27)18-28/h3,8-9,14-17,19-22H,1-2,4-7,10-13H2. The number of rotatable bonds is 6. The monoisotopic (exact) mass is 383 g/mol. The van der Waals surface area contributed by atoms with Gasteiger partial charge in [0.05, 0.1) is 0 Å². The van der Waals surface area contributed by atoms with E-state index in [1.54, 1.807) is 18.2 Å². The van der Waals surface area contributed by atoms with Crippen molar-refractivity contribution in [1.29, 1.82) is 5.26 Å². The number of hydrogen-bond acceptors (Lipinski definition) is 1. The van der Waals surface area contributed by atoms with Gasteiger partial charge in [0.15, 0.2) is 5.83 Å². The molecule has 0 N–H and O–H groups in total. The van der Waals surface area contributed by atoms with E-state index in [1.807, 2.05) is 12.1 Å². The summed E-state index contributed by atoms with van der Waals surface area (Å²) in [5, 5.41) is 8.44. The summed E-state index contributed by atoms with van der Waals surface area (Å²) in [6.45, 7) is 0. The summed E-state index contributed by atoms with van der Waals surface area (Å²) in [7, 11) is 0. The van der Waals surface area contributed by atoms with Gasteiger partial charge in [0, 0.05) is 0 Å². The molecule has 2 fully saturated rings. The molecule has 1 aromatic rings. The van der Waals surface area contributed by atoms with E-state index in [1.165, 1.54) is 63.0 Å². The Balaban J connectivity index is 1.36. The topological polar surface area (TPSA) is 23.8 Å². The molecule has 3 heteroatoms. The van der Waals surface area contributed by atoms with Crippen molar-refractivity contribution < 1.29 is 8.78 Å². The molecule has 0 unspecified atom stereocenters. The van der Waals surface area contributed by atoms with Gasteiger partial charge in [-0.05, 0) is 112 Å². The number of nitrogens with zero attached hydrogens (tertiary/aromatic N) is 1. The number of benzene rings is 1. The Labute approximate surface area is 168 Å². The van der Waals surface area contributed by atoms with Crippen molar-refractivity contribution in [3.63, 3.8) is 0 Å². The molecule has 0 heterocycles. The average Bonchev–Trinajstić information content (AvgIpc) is 2.74. The van der Waals surface area contributed by atoms with Crippen LogP contribution in [0.4, 0.5) is 8.78 Å². The maximum absolute atomic E-state index is 13.1. The van der Waals surface area contributed by atoms with Crippen LogP contribution in [0.15, 0.2) is 48.3 Å². The molecule has 0 radical (unpaired) electrons. The normalized spacial score (nSPS) is 29.0. The van der Waals surface area contributed by atoms with Crippen molar-refractivity contribution in [2.45, 2.75) is 70.1 Å². The van der Waals surface area contributed by atoms with E-state index in [2.05, 4.69) is 12.2 Å². The van der Waals surface area contributed by atoms with E-state index in [4.69, 9.17) is 5.26 Å². The fourth-order valence-electron chi connectivity index (χ4n) is 4.85. The Morgan fingerprint density at radius 3 is 2.07 bits per heavy atom. The summed E-state index contributed by atoms with van der Waals surface area (Å²) in [6.07, 6.45) is 17.8. The lowest BCUT2D eigenvalue weighted by Gasteiger charge is -2.29. The summed E-state index contributed by atoms with van der Waals surface area (Å²) >= 11 is 0. The van der Waals surface area contributed by atoms with Crippen LogP contribution in [0.2, 0.25) is 0 Å². The molecule has 1 aromatic carbocycles. The summed E-state index contributed by atoms with van der Waals surface area (Å²) < 4.78 is 25.9. The molecule has 0 aromatic heterocycles. The highest BCUT2D eigenvalue weighted by Crippen LogP contribution is 2.37. The second-order valence-electron chi connectivity index (χ2n) is 8.57. The number of allylic oxidation sites excluding steroid dienone is 4. The minimum absolute atomic E-state index is 0.152. The molecule has 0 aliphatic heterocycles. The zero-order valence-corrected chi connectivity index (χ0v) is 16.6. The molecule has 2 saturated carbocycles. The maximum Gasteiger partial charge on any atom is 0.196 e. The Kier molecular flexibility index (Phi) is 7.83. The van der Waals surface area contributed by atoms with E-state index >= 15 is 0 Å². The van der Waals surface area contributed by atoms with Crippen LogP contribution in [0.25, 0.3) is 0 Å². The quantitative estimate of drug-likeness (QED) is 0.366. The Hall–Kier alpha value is -1.95. The van der Waals surface area contributed by atoms with Gasteiger partial charge in [-0.1, -0.05) is 24.3 Å². The fraction of sp³-hybridized carbons (Fsp3) is 0.560. The van der Waals surface area contributed by atoms with Gasteiger partial charge in [-0.3, -0.25) is 0 Å². The summed E-state index contributed by atoms with van der Waals surface area (Å²) in [6, 6.07) is 8.58. The van der Waals surface area contributed by atoms with Crippen molar-refractivity contribution in [3.8, 4) is 6.07 Å². The Bertz CT molecular complexity index is 697. The van der Waals surface area contributed by atoms with E-state index in [-0.39, 0.29) is 5.82 Å². The molecule has 0 bridgehead atoms. The van der Waals surface area contributed by atoms with Crippen molar-refractivity contribution in [3.05, 3.63) is 59.7 Å². The average molecular weight is 384 g/mol. The molecule has 0 atom stereocenters. The first-order valence-electron chi connectivity index (χ1n) is 10.8. The zero-order valence-electron chi connectivity index (χ0n) is 16.6. The molecule has 0 spiro atoms. The molecule has 3 rings (SSSR count). The number of hydrogen-bond donors (Lipinski definition) is 0. The predicted molar refractivity (Wildman–Crippen MR) is 110 cm³/mol. The van der Waals surface area contributed by atoms with Crippen LogP contribution in [0.5, 0.6) is 0 Å². The lowest BCUT2D eigenvalue weighted by atomic mass is 9.77. The molecular formula is C25H31F2N. The first-order chi connectivity index (χ1) is 13.6. The number of halogens is 2. The number of nitriles is 1. The molecule has 0 amide bonds. The Morgan fingerprint density at radius 2 is 1.50 bits per heavy atom. The van der Waals surface area contributed by atoms with E-state index < -0.39 is 5.83 Å². The third-order valence-electron chi connectivity index (χ3n) is 6.67. The van der Waals surface area contributed by atoms with Crippen molar-refractivity contribution in [1.82, 2.24) is 0 Å². The van der Waals surface area contributed by atoms with E-state index in [0.29, 0.717) is 30.1 Å². The SMILES string of the molecule is N#CC(F)=CCCC1CCC(C=CC2CCC(c3ccc(F)cc3)CC2)CC1. The van der Waals surface area contributed by atoms with Crippen LogP contribution < -0.4 is 0 Å². The lowest BCUT2D eigenvalue weighted by Crippen LogP contribution is -2.14. The van der Waals surface area contributed by atoms with Gasteiger partial charge in [-0.2, -0.15) is 9.65 Å². The third kappa shape index (κ3) is 6.30. The largest absolute Gasteiger partial charge is 0.207 e. The molecule has 2 aliphatic rings. The van der Waals surface area contributed by atoms with Crippen molar-refractivity contribution in [2.24, 2.45) is 17.8 Å². The fourth-order valence-corrected chi connectivity index (χ4v) is 4.85. The molecule has 150 valence electrons. The van der Waals surface area contributed by atoms with Crippen LogP contribution >= 0.6 is 0 Å². The lowest BCUT2D eigenvalue weighted by molar-refractivity contribution is 0.295. The van der Waals surface area contributed by atoms with Gasteiger partial charge in [-0.15, -0.1) is 0 Å². The highest BCUT2D eigenvalue weighted by Gasteiger charge is 2.22. The first-order valence-corrected chi connectivity index (χ1v) is 10.8. The zero-order chi connectivity index (χ0) is 19.8. The molecule has 0 saturated heterocycles. The van der Waals surface area contributed by atoms with Crippen LogP contribution in [0.3, 0.4) is 0 Å². The molecule has 28 heavy (non-hydrogen) atoms. The molecular weight excluding hydrogens is 352 g/mol. The van der Waals surface area contributed by atoms with E-state index in [9.17, 15) is 8.78 Å². The first kappa shape index (κ1) is 20.8. The van der Waals surface area contributed by atoms with Crippen LogP contribution in [0.1, 0.15) is 75.7 Å². The Morgan fingerprint density at radius 1 is 0.929 bits per heavy atom. The summed E-state index contributed by atoms with van der Waals surface area (Å²) in [5.41, 5.74) is 1.28. The van der Waals surface area contributed by atoms with Gasteiger partial charge in [0.25, 0.3) is 0 Å².